The number of benzene rings is 2. The highest BCUT2D eigenvalue weighted by Gasteiger charge is 2.63. The second-order valence-corrected chi connectivity index (χ2v) is 4.96. The average Bonchev–Trinajstić information content (AvgIpc) is 2.53. The molecule has 0 aromatic heterocycles. The van der Waals surface area contributed by atoms with Crippen LogP contribution in [0.5, 0.6) is 0 Å². The van der Waals surface area contributed by atoms with E-state index in [1.54, 1.807) is 18.2 Å². The summed E-state index contributed by atoms with van der Waals surface area (Å²) in [5, 5.41) is 9.16. The van der Waals surface area contributed by atoms with E-state index in [4.69, 9.17) is 5.11 Å². The van der Waals surface area contributed by atoms with Crippen LogP contribution in [-0.2, 0) is 0 Å². The van der Waals surface area contributed by atoms with Crippen molar-refractivity contribution in [2.45, 2.75) is 18.3 Å². The third kappa shape index (κ3) is 3.22. The second-order valence-electron chi connectivity index (χ2n) is 4.96. The zero-order valence-corrected chi connectivity index (χ0v) is 11.8. The number of halogens is 6. The molecule has 2 rings (SSSR count). The Morgan fingerprint density at radius 1 is 0.958 bits per heavy atom. The van der Waals surface area contributed by atoms with Crippen molar-refractivity contribution in [1.29, 1.82) is 0 Å². The lowest BCUT2D eigenvalue weighted by molar-refractivity contribution is -0.305. The molecule has 0 amide bonds. The molecule has 0 saturated carbocycles. The van der Waals surface area contributed by atoms with Gasteiger partial charge in [-0.3, -0.25) is 0 Å². The minimum Gasteiger partial charge on any atom is -0.478 e. The SMILES string of the molecule is O=C(O)c1cc(C(F)C(F)(F)C(F)(F)F)ccc1-c1ccccc1. The van der Waals surface area contributed by atoms with Crippen LogP contribution in [0.15, 0.2) is 48.5 Å². The van der Waals surface area contributed by atoms with Gasteiger partial charge in [0.1, 0.15) is 0 Å². The van der Waals surface area contributed by atoms with Crippen LogP contribution >= 0.6 is 0 Å². The van der Waals surface area contributed by atoms with Gasteiger partial charge in [-0.15, -0.1) is 0 Å². The maximum atomic E-state index is 13.7. The Morgan fingerprint density at radius 2 is 1.54 bits per heavy atom. The highest BCUT2D eigenvalue weighted by Crippen LogP contribution is 2.47. The Bertz CT molecular complexity index is 740. The lowest BCUT2D eigenvalue weighted by Gasteiger charge is -2.23. The molecule has 0 fully saturated rings. The Kier molecular flexibility index (Phi) is 4.59. The fraction of sp³-hybridized carbons (Fsp3) is 0.188. The molecule has 0 spiro atoms. The normalized spacial score (nSPS) is 13.6. The van der Waals surface area contributed by atoms with Crippen molar-refractivity contribution < 1.29 is 36.2 Å². The van der Waals surface area contributed by atoms with Crippen molar-refractivity contribution in [2.75, 3.05) is 0 Å². The van der Waals surface area contributed by atoms with E-state index in [1.165, 1.54) is 12.1 Å². The van der Waals surface area contributed by atoms with Gasteiger partial charge in [0.05, 0.1) is 5.56 Å². The van der Waals surface area contributed by atoms with E-state index in [0.717, 1.165) is 12.1 Å². The van der Waals surface area contributed by atoms with Crippen LogP contribution in [-0.4, -0.2) is 23.2 Å². The van der Waals surface area contributed by atoms with E-state index in [1.807, 2.05) is 0 Å². The Hall–Kier alpha value is -2.51. The lowest BCUT2D eigenvalue weighted by atomic mass is 9.94. The smallest absolute Gasteiger partial charge is 0.456 e. The van der Waals surface area contributed by atoms with Gasteiger partial charge in [0.2, 0.25) is 0 Å². The van der Waals surface area contributed by atoms with Crippen LogP contribution < -0.4 is 0 Å². The molecule has 1 unspecified atom stereocenters. The molecule has 0 aliphatic rings. The molecule has 0 heterocycles. The van der Waals surface area contributed by atoms with Crippen molar-refractivity contribution in [1.82, 2.24) is 0 Å². The monoisotopic (exact) mass is 348 g/mol. The van der Waals surface area contributed by atoms with Crippen molar-refractivity contribution >= 4 is 5.97 Å². The Balaban J connectivity index is 2.53. The van der Waals surface area contributed by atoms with Crippen molar-refractivity contribution in [3.63, 3.8) is 0 Å². The summed E-state index contributed by atoms with van der Waals surface area (Å²) < 4.78 is 76.8. The Labute approximate surface area is 132 Å². The van der Waals surface area contributed by atoms with Gasteiger partial charge in [0, 0.05) is 0 Å². The molecule has 128 valence electrons. The number of rotatable bonds is 4. The van der Waals surface area contributed by atoms with Gasteiger partial charge < -0.3 is 5.11 Å². The maximum absolute atomic E-state index is 13.7. The van der Waals surface area contributed by atoms with Gasteiger partial charge in [0.15, 0.2) is 6.17 Å². The molecular weight excluding hydrogens is 338 g/mol. The molecule has 0 aliphatic carbocycles. The Morgan fingerprint density at radius 3 is 2.04 bits per heavy atom. The zero-order valence-electron chi connectivity index (χ0n) is 11.8. The summed E-state index contributed by atoms with van der Waals surface area (Å²) in [7, 11) is 0. The standard InChI is InChI=1S/C16H10F6O2/c17-13(15(18,19)16(20,21)22)10-6-7-11(12(8-10)14(23)24)9-4-2-1-3-5-9/h1-8,13H,(H,23,24). The van der Waals surface area contributed by atoms with Crippen molar-refractivity contribution in [3.8, 4) is 11.1 Å². The van der Waals surface area contributed by atoms with Crippen LogP contribution in [0.4, 0.5) is 26.3 Å². The minimum atomic E-state index is -6.09. The molecule has 0 bridgehead atoms. The van der Waals surface area contributed by atoms with Gasteiger partial charge in [-0.25, -0.2) is 9.18 Å². The number of hydrogen-bond acceptors (Lipinski definition) is 1. The summed E-state index contributed by atoms with van der Waals surface area (Å²) in [6.07, 6.45) is -9.80. The summed E-state index contributed by atoms with van der Waals surface area (Å²) in [6, 6.07) is 10.1. The largest absolute Gasteiger partial charge is 0.478 e. The first-order valence-corrected chi connectivity index (χ1v) is 6.57. The number of carboxylic acid groups (broad SMARTS) is 1. The molecule has 24 heavy (non-hydrogen) atoms. The third-order valence-electron chi connectivity index (χ3n) is 3.35. The lowest BCUT2D eigenvalue weighted by Crippen LogP contribution is -2.40. The van der Waals surface area contributed by atoms with E-state index in [-0.39, 0.29) is 5.56 Å². The molecule has 1 N–H and O–H groups in total. The first-order chi connectivity index (χ1) is 11.1. The van der Waals surface area contributed by atoms with Gasteiger partial charge in [0.25, 0.3) is 0 Å². The van der Waals surface area contributed by atoms with Gasteiger partial charge in [-0.05, 0) is 22.8 Å². The molecule has 2 aromatic carbocycles. The van der Waals surface area contributed by atoms with E-state index in [0.29, 0.717) is 11.6 Å². The number of hydrogen-bond donors (Lipinski definition) is 1. The highest BCUT2D eigenvalue weighted by molar-refractivity contribution is 5.96. The average molecular weight is 348 g/mol. The summed E-state index contributed by atoms with van der Waals surface area (Å²) in [5.74, 6) is -7.20. The first-order valence-electron chi connectivity index (χ1n) is 6.57. The van der Waals surface area contributed by atoms with Gasteiger partial charge in [-0.1, -0.05) is 42.5 Å². The number of alkyl halides is 6. The maximum Gasteiger partial charge on any atom is 0.456 e. The molecule has 0 aliphatic heterocycles. The molecule has 0 radical (unpaired) electrons. The third-order valence-corrected chi connectivity index (χ3v) is 3.35. The second kappa shape index (κ2) is 6.18. The van der Waals surface area contributed by atoms with Crippen LogP contribution in [0.1, 0.15) is 22.1 Å². The highest BCUT2D eigenvalue weighted by atomic mass is 19.4. The van der Waals surface area contributed by atoms with Crippen LogP contribution in [0.3, 0.4) is 0 Å². The number of aromatic carboxylic acids is 1. The number of carbonyl (C=O) groups is 1. The molecule has 8 heteroatoms. The van der Waals surface area contributed by atoms with Gasteiger partial charge >= 0.3 is 18.1 Å². The number of carboxylic acids is 1. The fourth-order valence-corrected chi connectivity index (χ4v) is 2.12. The molecular formula is C16H10F6O2. The van der Waals surface area contributed by atoms with Crippen LogP contribution in [0, 0.1) is 0 Å². The zero-order chi connectivity index (χ0) is 18.1. The first kappa shape index (κ1) is 17.8. The topological polar surface area (TPSA) is 37.3 Å². The van der Waals surface area contributed by atoms with Crippen LogP contribution in [0.25, 0.3) is 11.1 Å². The van der Waals surface area contributed by atoms with E-state index in [2.05, 4.69) is 0 Å². The fourth-order valence-electron chi connectivity index (χ4n) is 2.12. The van der Waals surface area contributed by atoms with Crippen molar-refractivity contribution in [2.24, 2.45) is 0 Å². The predicted molar refractivity (Wildman–Crippen MR) is 73.7 cm³/mol. The summed E-state index contributed by atoms with van der Waals surface area (Å²) in [4.78, 5) is 11.3. The van der Waals surface area contributed by atoms with E-state index in [9.17, 15) is 31.1 Å². The molecule has 1 atom stereocenters. The van der Waals surface area contributed by atoms with Crippen LogP contribution in [0.2, 0.25) is 0 Å². The predicted octanol–water partition coefficient (Wildman–Crippen LogP) is 5.26. The summed E-state index contributed by atoms with van der Waals surface area (Å²) in [5.41, 5.74) is -1.15. The van der Waals surface area contributed by atoms with E-state index < -0.39 is 35.4 Å². The summed E-state index contributed by atoms with van der Waals surface area (Å²) in [6.45, 7) is 0. The quantitative estimate of drug-likeness (QED) is 0.765. The minimum absolute atomic E-state index is 0.0781. The molecule has 0 saturated heterocycles. The van der Waals surface area contributed by atoms with Crippen molar-refractivity contribution in [3.05, 3.63) is 59.7 Å². The van der Waals surface area contributed by atoms with Gasteiger partial charge in [-0.2, -0.15) is 22.0 Å². The van der Waals surface area contributed by atoms with E-state index >= 15 is 0 Å². The summed E-state index contributed by atoms with van der Waals surface area (Å²) >= 11 is 0. The molecule has 2 nitrogen and oxygen atoms in total. The molecule has 2 aromatic rings.